The molecule has 30 heavy (non-hydrogen) atoms. The number of sulfonamides is 1. The van der Waals surface area contributed by atoms with E-state index in [9.17, 15) is 26.4 Å². The van der Waals surface area contributed by atoms with Gasteiger partial charge in [0.25, 0.3) is 0 Å². The summed E-state index contributed by atoms with van der Waals surface area (Å²) in [4.78, 5) is 18.0. The molecule has 0 saturated carbocycles. The summed E-state index contributed by atoms with van der Waals surface area (Å²) in [6.45, 7) is 3.18. The Morgan fingerprint density at radius 3 is 2.53 bits per heavy atom. The molecule has 1 aliphatic rings. The van der Waals surface area contributed by atoms with E-state index in [-0.39, 0.29) is 28.4 Å². The average molecular weight is 471 g/mol. The van der Waals surface area contributed by atoms with Gasteiger partial charge in [0, 0.05) is 45.3 Å². The van der Waals surface area contributed by atoms with E-state index in [1.54, 1.807) is 11.8 Å². The van der Waals surface area contributed by atoms with Gasteiger partial charge in [0.1, 0.15) is 5.82 Å². The van der Waals surface area contributed by atoms with Gasteiger partial charge in [-0.05, 0) is 32.3 Å². The van der Waals surface area contributed by atoms with E-state index in [1.165, 1.54) is 11.4 Å². The van der Waals surface area contributed by atoms with Crippen LogP contribution in [0.4, 0.5) is 19.0 Å². The zero-order valence-corrected chi connectivity index (χ0v) is 18.4. The second kappa shape index (κ2) is 10.1. The third-order valence-corrected chi connectivity index (χ3v) is 7.24. The van der Waals surface area contributed by atoms with Crippen molar-refractivity contribution in [3.8, 4) is 0 Å². The molecule has 1 saturated heterocycles. The first-order valence-corrected chi connectivity index (χ1v) is 11.6. The van der Waals surface area contributed by atoms with Gasteiger partial charge in [0.15, 0.2) is 0 Å². The summed E-state index contributed by atoms with van der Waals surface area (Å²) in [6.07, 6.45) is -2.19. The van der Waals surface area contributed by atoms with Crippen LogP contribution in [0.2, 0.25) is 5.02 Å². The quantitative estimate of drug-likeness (QED) is 0.591. The van der Waals surface area contributed by atoms with Crippen LogP contribution in [0.25, 0.3) is 0 Å². The predicted molar refractivity (Wildman–Crippen MR) is 109 cm³/mol. The first kappa shape index (κ1) is 24.7. The fourth-order valence-electron chi connectivity index (χ4n) is 3.19. The molecule has 0 aromatic carbocycles. The number of halogens is 4. The zero-order valence-electron chi connectivity index (χ0n) is 16.9. The molecule has 2 rings (SSSR count). The zero-order chi connectivity index (χ0) is 22.5. The highest BCUT2D eigenvalue weighted by Crippen LogP contribution is 2.34. The number of piperidine rings is 1. The number of rotatable bonds is 8. The van der Waals surface area contributed by atoms with Gasteiger partial charge in [-0.25, -0.2) is 17.7 Å². The number of carbonyl (C=O) groups excluding carboxylic acids is 1. The lowest BCUT2D eigenvalue weighted by atomic mass is 9.96. The molecule has 0 bridgehead atoms. The van der Waals surface area contributed by atoms with Gasteiger partial charge in [0.2, 0.25) is 15.9 Å². The lowest BCUT2D eigenvalue weighted by Crippen LogP contribution is -2.41. The summed E-state index contributed by atoms with van der Waals surface area (Å²) in [5, 5.41) is 2.75. The Bertz CT molecular complexity index is 844. The summed E-state index contributed by atoms with van der Waals surface area (Å²) in [7, 11) is -1.72. The van der Waals surface area contributed by atoms with Gasteiger partial charge in [0.05, 0.1) is 16.3 Å². The van der Waals surface area contributed by atoms with Gasteiger partial charge in [-0.15, -0.1) is 0 Å². The van der Waals surface area contributed by atoms with E-state index in [0.717, 1.165) is 12.3 Å². The Labute approximate surface area is 179 Å². The summed E-state index contributed by atoms with van der Waals surface area (Å²) in [6, 6.07) is 0.860. The molecule has 1 amide bonds. The molecule has 0 aliphatic carbocycles. The molecule has 170 valence electrons. The van der Waals surface area contributed by atoms with Crippen LogP contribution in [0.3, 0.4) is 0 Å². The van der Waals surface area contributed by atoms with Gasteiger partial charge < -0.3 is 10.2 Å². The van der Waals surface area contributed by atoms with E-state index in [2.05, 4.69) is 10.3 Å². The summed E-state index contributed by atoms with van der Waals surface area (Å²) >= 11 is 5.99. The molecule has 1 aromatic heterocycles. The molecule has 0 atom stereocenters. The largest absolute Gasteiger partial charge is 0.417 e. The Morgan fingerprint density at radius 1 is 1.37 bits per heavy atom. The fraction of sp³-hybridized carbons (Fsp3) is 0.667. The highest BCUT2D eigenvalue weighted by atomic mass is 35.5. The van der Waals surface area contributed by atoms with Crippen LogP contribution < -0.4 is 10.2 Å². The van der Waals surface area contributed by atoms with Gasteiger partial charge in [-0.3, -0.25) is 4.79 Å². The van der Waals surface area contributed by atoms with Crippen molar-refractivity contribution < 1.29 is 26.4 Å². The first-order valence-electron chi connectivity index (χ1n) is 9.65. The topological polar surface area (TPSA) is 82.6 Å². The minimum Gasteiger partial charge on any atom is -0.356 e. The van der Waals surface area contributed by atoms with Crippen LogP contribution >= 0.6 is 11.6 Å². The molecule has 0 radical (unpaired) electrons. The predicted octanol–water partition coefficient (Wildman–Crippen LogP) is 2.76. The standard InChI is InChI=1S/C18H26ClF3N4O3S/c1-3-30(28,29)25(2)8-4-7-23-17(27)13-5-9-26(10-6-13)16-15(19)11-14(12-24-16)18(20,21)22/h11-13H,3-10H2,1-2H3,(H,23,27). The summed E-state index contributed by atoms with van der Waals surface area (Å²) in [5.74, 6) is -0.0101. The highest BCUT2D eigenvalue weighted by Gasteiger charge is 2.33. The lowest BCUT2D eigenvalue weighted by Gasteiger charge is -2.32. The van der Waals surface area contributed by atoms with E-state index in [0.29, 0.717) is 45.4 Å². The van der Waals surface area contributed by atoms with Crippen molar-refractivity contribution in [2.75, 3.05) is 43.9 Å². The van der Waals surface area contributed by atoms with Crippen LogP contribution in [-0.2, 0) is 21.0 Å². The SMILES string of the molecule is CCS(=O)(=O)N(C)CCCNC(=O)C1CCN(c2ncc(C(F)(F)F)cc2Cl)CC1. The number of alkyl halides is 3. The number of hydrogen-bond donors (Lipinski definition) is 1. The molecule has 2 heterocycles. The normalized spacial score (nSPS) is 16.2. The van der Waals surface area contributed by atoms with Crippen LogP contribution in [0.1, 0.15) is 31.7 Å². The third kappa shape index (κ3) is 6.45. The van der Waals surface area contributed by atoms with E-state index in [1.807, 2.05) is 0 Å². The number of aromatic nitrogens is 1. The van der Waals surface area contributed by atoms with Crippen molar-refractivity contribution in [2.24, 2.45) is 5.92 Å². The molecular weight excluding hydrogens is 445 g/mol. The molecule has 12 heteroatoms. The Kier molecular flexibility index (Phi) is 8.35. The fourth-order valence-corrected chi connectivity index (χ4v) is 4.32. The second-order valence-electron chi connectivity index (χ2n) is 7.16. The van der Waals surface area contributed by atoms with Crippen LogP contribution in [-0.4, -0.2) is 62.6 Å². The Hall–Kier alpha value is -1.59. The van der Waals surface area contributed by atoms with Gasteiger partial charge in [-0.1, -0.05) is 11.6 Å². The number of anilines is 1. The molecule has 1 aromatic rings. The van der Waals surface area contributed by atoms with Crippen molar-refractivity contribution in [1.29, 1.82) is 0 Å². The lowest BCUT2D eigenvalue weighted by molar-refractivity contribution is -0.137. The Morgan fingerprint density at radius 2 is 2.00 bits per heavy atom. The maximum atomic E-state index is 12.7. The smallest absolute Gasteiger partial charge is 0.356 e. The van der Waals surface area contributed by atoms with Crippen molar-refractivity contribution in [3.05, 3.63) is 22.8 Å². The van der Waals surface area contributed by atoms with E-state index < -0.39 is 21.8 Å². The van der Waals surface area contributed by atoms with Crippen LogP contribution in [0.5, 0.6) is 0 Å². The number of carbonyl (C=O) groups is 1. The van der Waals surface area contributed by atoms with Gasteiger partial charge in [-0.2, -0.15) is 13.2 Å². The highest BCUT2D eigenvalue weighted by molar-refractivity contribution is 7.89. The average Bonchev–Trinajstić information content (AvgIpc) is 2.70. The monoisotopic (exact) mass is 470 g/mol. The van der Waals surface area contributed by atoms with Crippen molar-refractivity contribution >= 4 is 33.3 Å². The minimum absolute atomic E-state index is 0.0340. The van der Waals surface area contributed by atoms with Crippen LogP contribution in [0.15, 0.2) is 12.3 Å². The molecule has 0 spiro atoms. The maximum absolute atomic E-state index is 12.7. The third-order valence-electron chi connectivity index (χ3n) is 5.10. The Balaban J connectivity index is 1.79. The van der Waals surface area contributed by atoms with Crippen molar-refractivity contribution in [3.63, 3.8) is 0 Å². The summed E-state index contributed by atoms with van der Waals surface area (Å²) < 4.78 is 62.9. The van der Waals surface area contributed by atoms with Crippen molar-refractivity contribution in [1.82, 2.24) is 14.6 Å². The van der Waals surface area contributed by atoms with E-state index >= 15 is 0 Å². The molecule has 0 unspecified atom stereocenters. The minimum atomic E-state index is -4.50. The molecule has 1 N–H and O–H groups in total. The number of amides is 1. The molecule has 1 aliphatic heterocycles. The van der Waals surface area contributed by atoms with Crippen molar-refractivity contribution in [2.45, 2.75) is 32.4 Å². The number of pyridine rings is 1. The number of hydrogen-bond acceptors (Lipinski definition) is 5. The first-order chi connectivity index (χ1) is 14.0. The molecule has 1 fully saturated rings. The molecular formula is C18H26ClF3N4O3S. The molecule has 7 nitrogen and oxygen atoms in total. The van der Waals surface area contributed by atoms with E-state index in [4.69, 9.17) is 11.6 Å². The van der Waals surface area contributed by atoms with Crippen LogP contribution in [0, 0.1) is 5.92 Å². The second-order valence-corrected chi connectivity index (χ2v) is 9.93. The number of nitrogens with one attached hydrogen (secondary N) is 1. The van der Waals surface area contributed by atoms with Gasteiger partial charge >= 0.3 is 6.18 Å². The number of nitrogens with zero attached hydrogens (tertiary/aromatic N) is 3. The maximum Gasteiger partial charge on any atom is 0.417 e. The summed E-state index contributed by atoms with van der Waals surface area (Å²) in [5.41, 5.74) is -0.900.